The van der Waals surface area contributed by atoms with Gasteiger partial charge in [-0.3, -0.25) is 9.59 Å². The predicted octanol–water partition coefficient (Wildman–Crippen LogP) is 3.42. The molecule has 0 heterocycles. The Morgan fingerprint density at radius 1 is 1.43 bits per heavy atom. The second kappa shape index (κ2) is 4.71. The van der Waals surface area contributed by atoms with Crippen molar-refractivity contribution in [2.45, 2.75) is 13.3 Å². The summed E-state index contributed by atoms with van der Waals surface area (Å²) >= 11 is 8.58. The van der Waals surface area contributed by atoms with Crippen LogP contribution in [0.5, 0.6) is 0 Å². The second-order valence-corrected chi connectivity index (χ2v) is 3.91. The minimum atomic E-state index is -0.616. The summed E-state index contributed by atoms with van der Waals surface area (Å²) in [6.07, 6.45) is 0.355. The van der Waals surface area contributed by atoms with Crippen molar-refractivity contribution in [1.29, 1.82) is 0 Å². The number of hydrogen-bond acceptors (Lipinski definition) is 2. The molecule has 0 saturated carbocycles. The Bertz CT molecular complexity index is 388. The maximum Gasteiger partial charge on any atom is 0.254 e. The SMILES string of the molecule is CCC(=O)c1cccc(Br)c1C(=O)Cl. The van der Waals surface area contributed by atoms with Crippen LogP contribution in [0.25, 0.3) is 0 Å². The summed E-state index contributed by atoms with van der Waals surface area (Å²) in [4.78, 5) is 22.5. The van der Waals surface area contributed by atoms with E-state index in [4.69, 9.17) is 11.6 Å². The Morgan fingerprint density at radius 2 is 2.07 bits per heavy atom. The van der Waals surface area contributed by atoms with E-state index in [2.05, 4.69) is 15.9 Å². The number of hydrogen-bond donors (Lipinski definition) is 0. The first-order chi connectivity index (χ1) is 6.57. The van der Waals surface area contributed by atoms with Crippen LogP contribution in [0.4, 0.5) is 0 Å². The van der Waals surface area contributed by atoms with Crippen molar-refractivity contribution in [2.75, 3.05) is 0 Å². The van der Waals surface area contributed by atoms with Crippen molar-refractivity contribution in [3.05, 3.63) is 33.8 Å². The molecule has 0 spiro atoms. The number of ketones is 1. The molecule has 4 heteroatoms. The van der Waals surface area contributed by atoms with Gasteiger partial charge < -0.3 is 0 Å². The van der Waals surface area contributed by atoms with Gasteiger partial charge in [-0.2, -0.15) is 0 Å². The average molecular weight is 276 g/mol. The van der Waals surface area contributed by atoms with E-state index in [0.717, 1.165) is 0 Å². The lowest BCUT2D eigenvalue weighted by molar-refractivity contribution is 0.0978. The summed E-state index contributed by atoms with van der Waals surface area (Å²) in [5.74, 6) is -0.0877. The largest absolute Gasteiger partial charge is 0.294 e. The molecule has 1 aromatic rings. The van der Waals surface area contributed by atoms with Crippen LogP contribution in [-0.2, 0) is 0 Å². The van der Waals surface area contributed by atoms with Gasteiger partial charge in [0.1, 0.15) is 0 Å². The van der Waals surface area contributed by atoms with Gasteiger partial charge in [-0.15, -0.1) is 0 Å². The van der Waals surface area contributed by atoms with Gasteiger partial charge in [0.05, 0.1) is 5.56 Å². The second-order valence-electron chi connectivity index (χ2n) is 2.71. The molecule has 0 fully saturated rings. The number of halogens is 2. The van der Waals surface area contributed by atoms with Gasteiger partial charge in [-0.05, 0) is 33.6 Å². The van der Waals surface area contributed by atoms with Crippen LogP contribution in [0, 0.1) is 0 Å². The summed E-state index contributed by atoms with van der Waals surface area (Å²) in [5.41, 5.74) is 0.628. The van der Waals surface area contributed by atoms with Gasteiger partial charge in [0, 0.05) is 16.5 Å². The highest BCUT2D eigenvalue weighted by atomic mass is 79.9. The van der Waals surface area contributed by atoms with Crippen molar-refractivity contribution >= 4 is 38.6 Å². The van der Waals surface area contributed by atoms with E-state index in [9.17, 15) is 9.59 Å². The fourth-order valence-electron chi connectivity index (χ4n) is 1.15. The predicted molar refractivity (Wildman–Crippen MR) is 58.9 cm³/mol. The van der Waals surface area contributed by atoms with Crippen molar-refractivity contribution in [1.82, 2.24) is 0 Å². The molecule has 0 N–H and O–H groups in total. The topological polar surface area (TPSA) is 34.1 Å². The first-order valence-electron chi connectivity index (χ1n) is 4.09. The normalized spacial score (nSPS) is 9.93. The fraction of sp³-hybridized carbons (Fsp3) is 0.200. The highest BCUT2D eigenvalue weighted by molar-refractivity contribution is 9.10. The number of benzene rings is 1. The zero-order valence-corrected chi connectivity index (χ0v) is 9.85. The van der Waals surface area contributed by atoms with Gasteiger partial charge in [-0.25, -0.2) is 0 Å². The standard InChI is InChI=1S/C10H8BrClO2/c1-2-8(13)6-4-3-5-7(11)9(6)10(12)14/h3-5H,2H2,1H3. The Labute approximate surface area is 95.4 Å². The molecule has 0 bridgehead atoms. The molecule has 0 amide bonds. The average Bonchev–Trinajstić information content (AvgIpc) is 2.15. The van der Waals surface area contributed by atoms with Crippen LogP contribution in [0.3, 0.4) is 0 Å². The zero-order chi connectivity index (χ0) is 10.7. The van der Waals surface area contributed by atoms with E-state index in [0.29, 0.717) is 16.5 Å². The zero-order valence-electron chi connectivity index (χ0n) is 7.51. The summed E-state index contributed by atoms with van der Waals surface area (Å²) in [6.45, 7) is 1.74. The molecular weight excluding hydrogens is 267 g/mol. The summed E-state index contributed by atoms with van der Waals surface area (Å²) in [6, 6.07) is 4.99. The monoisotopic (exact) mass is 274 g/mol. The third-order valence-electron chi connectivity index (χ3n) is 1.83. The van der Waals surface area contributed by atoms with Gasteiger partial charge in [0.2, 0.25) is 0 Å². The highest BCUT2D eigenvalue weighted by Crippen LogP contribution is 2.23. The number of rotatable bonds is 3. The van der Waals surface area contributed by atoms with Crippen molar-refractivity contribution in [3.8, 4) is 0 Å². The molecule has 0 aliphatic heterocycles. The maximum atomic E-state index is 11.5. The third-order valence-corrected chi connectivity index (χ3v) is 2.68. The van der Waals surface area contributed by atoms with Gasteiger partial charge >= 0.3 is 0 Å². The van der Waals surface area contributed by atoms with Crippen molar-refractivity contribution in [2.24, 2.45) is 0 Å². The molecule has 1 rings (SSSR count). The highest BCUT2D eigenvalue weighted by Gasteiger charge is 2.16. The fourth-order valence-corrected chi connectivity index (χ4v) is 2.01. The Kier molecular flexibility index (Phi) is 3.84. The number of carbonyl (C=O) groups excluding carboxylic acids is 2. The third kappa shape index (κ3) is 2.22. The number of Topliss-reactive ketones (excluding diaryl/α,β-unsaturated/α-hetero) is 1. The Morgan fingerprint density at radius 3 is 2.57 bits per heavy atom. The van der Waals surface area contributed by atoms with E-state index < -0.39 is 5.24 Å². The van der Waals surface area contributed by atoms with Crippen LogP contribution < -0.4 is 0 Å². The van der Waals surface area contributed by atoms with Crippen LogP contribution in [0.15, 0.2) is 22.7 Å². The molecule has 1 aromatic carbocycles. The molecule has 0 saturated heterocycles. The Hall–Kier alpha value is -0.670. The molecule has 14 heavy (non-hydrogen) atoms. The lowest BCUT2D eigenvalue weighted by atomic mass is 10.0. The molecule has 0 aromatic heterocycles. The molecule has 0 aliphatic rings. The quantitative estimate of drug-likeness (QED) is 0.626. The van der Waals surface area contributed by atoms with Crippen LogP contribution in [0.1, 0.15) is 34.1 Å². The van der Waals surface area contributed by atoms with E-state index in [1.54, 1.807) is 25.1 Å². The van der Waals surface area contributed by atoms with Gasteiger partial charge in [0.25, 0.3) is 5.24 Å². The van der Waals surface area contributed by atoms with Crippen LogP contribution in [0.2, 0.25) is 0 Å². The molecule has 0 unspecified atom stereocenters. The summed E-state index contributed by atoms with van der Waals surface area (Å²) in [5, 5.41) is -0.616. The van der Waals surface area contributed by atoms with Crippen molar-refractivity contribution < 1.29 is 9.59 Å². The van der Waals surface area contributed by atoms with Crippen LogP contribution in [-0.4, -0.2) is 11.0 Å². The van der Waals surface area contributed by atoms with E-state index >= 15 is 0 Å². The Balaban J connectivity index is 3.35. The molecule has 0 aliphatic carbocycles. The maximum absolute atomic E-state index is 11.5. The summed E-state index contributed by atoms with van der Waals surface area (Å²) < 4.78 is 0.553. The minimum Gasteiger partial charge on any atom is -0.294 e. The van der Waals surface area contributed by atoms with Gasteiger partial charge in [0.15, 0.2) is 5.78 Å². The van der Waals surface area contributed by atoms with Gasteiger partial charge in [-0.1, -0.05) is 19.1 Å². The molecule has 74 valence electrons. The van der Waals surface area contributed by atoms with Crippen LogP contribution >= 0.6 is 27.5 Å². The molecular formula is C10H8BrClO2. The first-order valence-corrected chi connectivity index (χ1v) is 5.26. The number of carbonyl (C=O) groups is 2. The minimum absolute atomic E-state index is 0.0877. The first kappa shape index (κ1) is 11.4. The molecule has 2 nitrogen and oxygen atoms in total. The smallest absolute Gasteiger partial charge is 0.254 e. The lowest BCUT2D eigenvalue weighted by Gasteiger charge is -2.05. The van der Waals surface area contributed by atoms with E-state index in [1.807, 2.05) is 0 Å². The van der Waals surface area contributed by atoms with E-state index in [-0.39, 0.29) is 11.3 Å². The summed E-state index contributed by atoms with van der Waals surface area (Å²) in [7, 11) is 0. The van der Waals surface area contributed by atoms with Crippen molar-refractivity contribution in [3.63, 3.8) is 0 Å². The van der Waals surface area contributed by atoms with E-state index in [1.165, 1.54) is 0 Å². The molecule has 0 atom stereocenters. The lowest BCUT2D eigenvalue weighted by Crippen LogP contribution is -2.05. The molecule has 0 radical (unpaired) electrons.